The van der Waals surface area contributed by atoms with E-state index in [2.05, 4.69) is 46.2 Å². The molecule has 0 bridgehead atoms. The lowest BCUT2D eigenvalue weighted by atomic mass is 9.92. The van der Waals surface area contributed by atoms with Crippen LogP contribution in [0.25, 0.3) is 10.9 Å². The number of carbonyl (C=O) groups is 1. The molecule has 1 fully saturated rings. The molecule has 1 aliphatic heterocycles. The molecule has 0 unspecified atom stereocenters. The first-order valence-electron chi connectivity index (χ1n) is 12.4. The Kier molecular flexibility index (Phi) is 5.90. The van der Waals surface area contributed by atoms with Crippen molar-refractivity contribution < 1.29 is 35.7 Å². The Labute approximate surface area is 217 Å². The smallest absolute Gasteiger partial charge is 0.494 e. The third-order valence-corrected chi connectivity index (χ3v) is 7.15. The number of rotatable bonds is 7. The second-order valence-electron chi connectivity index (χ2n) is 11.2. The summed E-state index contributed by atoms with van der Waals surface area (Å²) in [5, 5.41) is 13.6. The van der Waals surface area contributed by atoms with Gasteiger partial charge in [-0.3, -0.25) is 4.79 Å². The quantitative estimate of drug-likeness (QED) is 0.397. The summed E-state index contributed by atoms with van der Waals surface area (Å²) < 4.78 is 44.0. The molecule has 2 aromatic carbocycles. The lowest BCUT2D eigenvalue weighted by molar-refractivity contribution is -0.286. The molecule has 7 nitrogen and oxygen atoms in total. The number of aliphatic hydroxyl groups excluding tert-OH is 1. The van der Waals surface area contributed by atoms with Gasteiger partial charge in [-0.2, -0.15) is 0 Å². The predicted molar refractivity (Wildman–Crippen MR) is 140 cm³/mol. The molecular weight excluding hydrogens is 482 g/mol. The van der Waals surface area contributed by atoms with E-state index in [1.165, 1.54) is 12.1 Å². The van der Waals surface area contributed by atoms with Gasteiger partial charge >= 0.3 is 6.29 Å². The highest BCUT2D eigenvalue weighted by molar-refractivity contribution is 6.03. The predicted octanol–water partition coefficient (Wildman–Crippen LogP) is 6.06. The standard InChI is InChI=1S/C28H32F2N2O5.2H2/c1-16(15-33)14-32-23(26(2,3)4)11-17-10-19(13-22(35-5)24(17)32)31-25(34)27(8-9-27)18-6-7-20-21(12-18)37-28(29,30)36-20;;/h6-7,10-13,16,33H,8-9,14-15H2,1-5H3,(H,31,34);2*1H/t16-;;/m1../s1. The van der Waals surface area contributed by atoms with Gasteiger partial charge in [-0.15, -0.1) is 8.78 Å². The van der Waals surface area contributed by atoms with Crippen molar-refractivity contribution in [1.82, 2.24) is 4.57 Å². The summed E-state index contributed by atoms with van der Waals surface area (Å²) in [5.41, 5.74) is 2.22. The van der Waals surface area contributed by atoms with Crippen molar-refractivity contribution in [3.63, 3.8) is 0 Å². The van der Waals surface area contributed by atoms with Gasteiger partial charge in [0.2, 0.25) is 5.91 Å². The molecule has 2 heterocycles. The second-order valence-corrected chi connectivity index (χ2v) is 11.2. The van der Waals surface area contributed by atoms with Gasteiger partial charge in [0, 0.05) is 44.3 Å². The van der Waals surface area contributed by atoms with E-state index < -0.39 is 11.7 Å². The van der Waals surface area contributed by atoms with Gasteiger partial charge in [-0.1, -0.05) is 33.8 Å². The zero-order valence-electron chi connectivity index (χ0n) is 21.7. The van der Waals surface area contributed by atoms with Gasteiger partial charge in [0.25, 0.3) is 0 Å². The Morgan fingerprint density at radius 1 is 1.19 bits per heavy atom. The topological polar surface area (TPSA) is 82.0 Å². The van der Waals surface area contributed by atoms with Crippen LogP contribution in [0.5, 0.6) is 17.2 Å². The Morgan fingerprint density at radius 3 is 2.51 bits per heavy atom. The largest absolute Gasteiger partial charge is 0.586 e. The molecule has 9 heteroatoms. The maximum atomic E-state index is 13.5. The Balaban J connectivity index is 0.00000210. The zero-order valence-corrected chi connectivity index (χ0v) is 21.7. The maximum Gasteiger partial charge on any atom is 0.586 e. The van der Waals surface area contributed by atoms with E-state index in [0.29, 0.717) is 36.4 Å². The van der Waals surface area contributed by atoms with Crippen LogP contribution in [0.2, 0.25) is 0 Å². The van der Waals surface area contributed by atoms with Crippen molar-refractivity contribution in [2.45, 2.75) is 64.2 Å². The van der Waals surface area contributed by atoms with Crippen molar-refractivity contribution in [3.8, 4) is 17.2 Å². The molecular formula is C28H36F2N2O5. The van der Waals surface area contributed by atoms with Gasteiger partial charge in [0.1, 0.15) is 5.75 Å². The number of anilines is 1. The Hall–Kier alpha value is -3.33. The highest BCUT2D eigenvalue weighted by Crippen LogP contribution is 2.52. The molecule has 1 atom stereocenters. The second kappa shape index (κ2) is 8.62. The minimum atomic E-state index is -3.71. The van der Waals surface area contributed by atoms with Crippen LogP contribution in [-0.2, 0) is 22.2 Å². The first-order valence-corrected chi connectivity index (χ1v) is 12.4. The summed E-state index contributed by atoms with van der Waals surface area (Å²) >= 11 is 0. The van der Waals surface area contributed by atoms with Crippen LogP contribution in [0.4, 0.5) is 14.5 Å². The van der Waals surface area contributed by atoms with Crippen LogP contribution >= 0.6 is 0 Å². The van der Waals surface area contributed by atoms with Crippen molar-refractivity contribution in [2.24, 2.45) is 5.92 Å². The van der Waals surface area contributed by atoms with E-state index in [4.69, 9.17) is 4.74 Å². The highest BCUT2D eigenvalue weighted by Gasteiger charge is 2.52. The minimum Gasteiger partial charge on any atom is -0.494 e. The molecule has 1 amide bonds. The summed E-state index contributed by atoms with van der Waals surface area (Å²) in [6.07, 6.45) is -2.52. The Morgan fingerprint density at radius 2 is 1.89 bits per heavy atom. The molecule has 37 heavy (non-hydrogen) atoms. The van der Waals surface area contributed by atoms with Crippen molar-refractivity contribution in [1.29, 1.82) is 0 Å². The molecule has 1 saturated carbocycles. The summed E-state index contributed by atoms with van der Waals surface area (Å²) in [6, 6.07) is 10.3. The fourth-order valence-electron chi connectivity index (χ4n) is 5.05. The zero-order chi connectivity index (χ0) is 26.8. The van der Waals surface area contributed by atoms with Gasteiger partial charge in [0.15, 0.2) is 11.5 Å². The molecule has 202 valence electrons. The van der Waals surface area contributed by atoms with Crippen LogP contribution in [0.3, 0.4) is 0 Å². The number of methoxy groups -OCH3 is 1. The van der Waals surface area contributed by atoms with Crippen molar-refractivity contribution in [3.05, 3.63) is 47.7 Å². The normalized spacial score (nSPS) is 18.1. The highest BCUT2D eigenvalue weighted by atomic mass is 19.3. The molecule has 1 aliphatic carbocycles. The van der Waals surface area contributed by atoms with E-state index in [9.17, 15) is 18.7 Å². The number of hydrogen-bond donors (Lipinski definition) is 2. The number of aliphatic hydroxyl groups is 1. The molecule has 1 aromatic heterocycles. The number of halogens is 2. The lowest BCUT2D eigenvalue weighted by Gasteiger charge is -2.24. The number of ether oxygens (including phenoxy) is 3. The first kappa shape index (κ1) is 25.3. The number of fused-ring (bicyclic) bond motifs is 2. The Bertz CT molecular complexity index is 1380. The number of alkyl halides is 2. The van der Waals surface area contributed by atoms with Crippen LogP contribution in [0, 0.1) is 5.92 Å². The van der Waals surface area contributed by atoms with Crippen molar-refractivity contribution >= 4 is 22.5 Å². The number of nitrogens with one attached hydrogen (secondary N) is 1. The SMILES string of the molecule is COc1cc(NC(=O)C2(c3ccc4c(c3)OC(F)(F)O4)CC2)cc2cc(C(C)(C)C)n(C[C@@H](C)CO)c12.[HH].[HH]. The van der Waals surface area contributed by atoms with E-state index in [-0.39, 0.29) is 38.2 Å². The number of nitrogens with zero attached hydrogens (tertiary/aromatic N) is 1. The fraction of sp³-hybridized carbons (Fsp3) is 0.464. The molecule has 2 aliphatic rings. The van der Waals surface area contributed by atoms with E-state index in [1.807, 2.05) is 13.0 Å². The molecule has 0 spiro atoms. The van der Waals surface area contributed by atoms with Gasteiger partial charge in [0.05, 0.1) is 18.0 Å². The molecule has 2 N–H and O–H groups in total. The number of aromatic nitrogens is 1. The number of benzene rings is 2. The third-order valence-electron chi connectivity index (χ3n) is 7.15. The van der Waals surface area contributed by atoms with E-state index >= 15 is 0 Å². The van der Waals surface area contributed by atoms with Crippen molar-refractivity contribution in [2.75, 3.05) is 19.0 Å². The van der Waals surface area contributed by atoms with E-state index in [0.717, 1.165) is 16.6 Å². The van der Waals surface area contributed by atoms with Gasteiger partial charge < -0.3 is 29.2 Å². The third kappa shape index (κ3) is 4.50. The van der Waals surface area contributed by atoms with Gasteiger partial charge in [-0.25, -0.2) is 0 Å². The summed E-state index contributed by atoms with van der Waals surface area (Å²) in [4.78, 5) is 13.5. The summed E-state index contributed by atoms with van der Waals surface area (Å²) in [6.45, 7) is 9.09. The molecule has 0 radical (unpaired) electrons. The number of hydrogen-bond acceptors (Lipinski definition) is 5. The monoisotopic (exact) mass is 518 g/mol. The molecule has 5 rings (SSSR count). The number of carbonyl (C=O) groups excluding carboxylic acids is 1. The van der Waals surface area contributed by atoms with E-state index in [1.54, 1.807) is 19.2 Å². The molecule has 3 aromatic rings. The summed E-state index contributed by atoms with van der Waals surface area (Å²) in [7, 11) is 1.59. The average molecular weight is 519 g/mol. The number of amides is 1. The average Bonchev–Trinajstić information content (AvgIpc) is 3.46. The fourth-order valence-corrected chi connectivity index (χ4v) is 5.05. The first-order chi connectivity index (χ1) is 17.4. The molecule has 0 saturated heterocycles. The van der Waals surface area contributed by atoms with Crippen LogP contribution in [-0.4, -0.2) is 35.6 Å². The van der Waals surface area contributed by atoms with Crippen LogP contribution in [0.1, 0.15) is 54.6 Å². The lowest BCUT2D eigenvalue weighted by Crippen LogP contribution is -2.28. The minimum absolute atomic E-state index is 0. The summed E-state index contributed by atoms with van der Waals surface area (Å²) in [5.74, 6) is 0.331. The maximum absolute atomic E-state index is 13.5. The van der Waals surface area contributed by atoms with Crippen LogP contribution in [0.15, 0.2) is 36.4 Å². The van der Waals surface area contributed by atoms with Gasteiger partial charge in [-0.05, 0) is 48.6 Å². The van der Waals surface area contributed by atoms with Crippen LogP contribution < -0.4 is 19.5 Å².